The zero-order chi connectivity index (χ0) is 7.56. The molecule has 0 N–H and O–H groups in total. The van der Waals surface area contributed by atoms with Crippen LogP contribution < -0.4 is 0 Å². The van der Waals surface area contributed by atoms with Crippen molar-refractivity contribution in [2.24, 2.45) is 0 Å². The van der Waals surface area contributed by atoms with Crippen molar-refractivity contribution < 1.29 is 0 Å². The van der Waals surface area contributed by atoms with Crippen molar-refractivity contribution in [1.29, 1.82) is 0 Å². The summed E-state index contributed by atoms with van der Waals surface area (Å²) in [5, 5.41) is 0. The average molecular weight is 203 g/mol. The van der Waals surface area contributed by atoms with E-state index in [1.54, 1.807) is 0 Å². The molecule has 0 aliphatic carbocycles. The minimum absolute atomic E-state index is 0.936. The van der Waals surface area contributed by atoms with Crippen LogP contribution in [0.1, 0.15) is 19.7 Å². The third-order valence-electron chi connectivity index (χ3n) is 1.49. The van der Waals surface area contributed by atoms with Gasteiger partial charge < -0.3 is 4.57 Å². The molecule has 0 fully saturated rings. The average Bonchev–Trinajstić information content (AvgIpc) is 2.30. The van der Waals surface area contributed by atoms with Crippen LogP contribution >= 0.6 is 15.9 Å². The van der Waals surface area contributed by atoms with Crippen LogP contribution in [0.3, 0.4) is 0 Å². The molecule has 3 heteroatoms. The molecule has 0 aliphatic rings. The molecule has 1 aromatic rings. The van der Waals surface area contributed by atoms with Crippen LogP contribution in [0.25, 0.3) is 0 Å². The Morgan fingerprint density at radius 3 is 2.70 bits per heavy atom. The van der Waals surface area contributed by atoms with Crippen LogP contribution in [0, 0.1) is 0 Å². The van der Waals surface area contributed by atoms with Gasteiger partial charge in [0.05, 0.1) is 0 Å². The molecule has 0 aliphatic heterocycles. The van der Waals surface area contributed by atoms with Gasteiger partial charge >= 0.3 is 0 Å². The fraction of sp³-hybridized carbons (Fsp3) is 0.571. The van der Waals surface area contributed by atoms with E-state index in [9.17, 15) is 0 Å². The monoisotopic (exact) mass is 202 g/mol. The SMILES string of the molecule is CCc1nc(Br)cn1CC. The first-order valence-electron chi connectivity index (χ1n) is 3.49. The van der Waals surface area contributed by atoms with Crippen molar-refractivity contribution in [2.45, 2.75) is 26.8 Å². The lowest BCUT2D eigenvalue weighted by Crippen LogP contribution is -1.98. The molecule has 1 heterocycles. The molecule has 56 valence electrons. The van der Waals surface area contributed by atoms with E-state index in [1.807, 2.05) is 6.20 Å². The van der Waals surface area contributed by atoms with E-state index in [0.717, 1.165) is 23.4 Å². The van der Waals surface area contributed by atoms with Gasteiger partial charge in [-0.1, -0.05) is 6.92 Å². The highest BCUT2D eigenvalue weighted by atomic mass is 79.9. The summed E-state index contributed by atoms with van der Waals surface area (Å²) in [7, 11) is 0. The Labute approximate surface area is 69.4 Å². The molecule has 0 spiro atoms. The van der Waals surface area contributed by atoms with Crippen molar-refractivity contribution in [2.75, 3.05) is 0 Å². The number of aromatic nitrogens is 2. The lowest BCUT2D eigenvalue weighted by atomic mass is 10.4. The lowest BCUT2D eigenvalue weighted by Gasteiger charge is -1.98. The third-order valence-corrected chi connectivity index (χ3v) is 1.87. The molecule has 1 rings (SSSR count). The molecule has 0 amide bonds. The Morgan fingerprint density at radius 2 is 2.30 bits per heavy atom. The number of hydrogen-bond donors (Lipinski definition) is 0. The minimum Gasteiger partial charge on any atom is -0.334 e. The standard InChI is InChI=1S/C7H11BrN2/c1-3-7-9-6(8)5-10(7)4-2/h5H,3-4H2,1-2H3. The number of hydrogen-bond acceptors (Lipinski definition) is 1. The second-order valence-electron chi connectivity index (χ2n) is 2.12. The second kappa shape index (κ2) is 3.19. The fourth-order valence-electron chi connectivity index (χ4n) is 0.975. The van der Waals surface area contributed by atoms with Crippen LogP contribution in [0.5, 0.6) is 0 Å². The van der Waals surface area contributed by atoms with Crippen molar-refractivity contribution in [1.82, 2.24) is 9.55 Å². The molecule has 1 aromatic heterocycles. The highest BCUT2D eigenvalue weighted by Gasteiger charge is 2.00. The van der Waals surface area contributed by atoms with Crippen molar-refractivity contribution in [3.8, 4) is 0 Å². The molecule has 0 bridgehead atoms. The van der Waals surface area contributed by atoms with Gasteiger partial charge in [0.2, 0.25) is 0 Å². The zero-order valence-corrected chi connectivity index (χ0v) is 7.85. The van der Waals surface area contributed by atoms with Crippen LogP contribution in [0.2, 0.25) is 0 Å². The maximum atomic E-state index is 4.28. The summed E-state index contributed by atoms with van der Waals surface area (Å²) in [5.41, 5.74) is 0. The Kier molecular flexibility index (Phi) is 2.49. The highest BCUT2D eigenvalue weighted by Crippen LogP contribution is 2.09. The Hall–Kier alpha value is -0.310. The van der Waals surface area contributed by atoms with E-state index in [1.165, 1.54) is 0 Å². The van der Waals surface area contributed by atoms with Gasteiger partial charge in [0.1, 0.15) is 10.4 Å². The van der Waals surface area contributed by atoms with Gasteiger partial charge in [0.15, 0.2) is 0 Å². The van der Waals surface area contributed by atoms with Crippen molar-refractivity contribution in [3.63, 3.8) is 0 Å². The maximum Gasteiger partial charge on any atom is 0.124 e. The highest BCUT2D eigenvalue weighted by molar-refractivity contribution is 9.10. The van der Waals surface area contributed by atoms with Crippen molar-refractivity contribution in [3.05, 3.63) is 16.6 Å². The van der Waals surface area contributed by atoms with Gasteiger partial charge in [-0.3, -0.25) is 0 Å². The molecule has 0 aromatic carbocycles. The fourth-order valence-corrected chi connectivity index (χ4v) is 1.43. The van der Waals surface area contributed by atoms with Gasteiger partial charge in [-0.15, -0.1) is 0 Å². The van der Waals surface area contributed by atoms with Gasteiger partial charge in [-0.2, -0.15) is 0 Å². The van der Waals surface area contributed by atoms with E-state index in [4.69, 9.17) is 0 Å². The summed E-state index contributed by atoms with van der Waals surface area (Å²) >= 11 is 3.33. The smallest absolute Gasteiger partial charge is 0.124 e. The Balaban J connectivity index is 2.96. The molecular formula is C7H11BrN2. The van der Waals surface area contributed by atoms with E-state index in [2.05, 4.69) is 39.3 Å². The Bertz CT molecular complexity index is 196. The minimum atomic E-state index is 0.936. The summed E-state index contributed by atoms with van der Waals surface area (Å²) < 4.78 is 3.08. The maximum absolute atomic E-state index is 4.28. The van der Waals surface area contributed by atoms with Crippen molar-refractivity contribution >= 4 is 15.9 Å². The van der Waals surface area contributed by atoms with Gasteiger partial charge in [-0.05, 0) is 22.9 Å². The molecule has 0 saturated carbocycles. The second-order valence-corrected chi connectivity index (χ2v) is 2.93. The molecule has 0 unspecified atom stereocenters. The number of rotatable bonds is 2. The predicted octanol–water partition coefficient (Wildman–Crippen LogP) is 2.23. The molecule has 0 saturated heterocycles. The zero-order valence-electron chi connectivity index (χ0n) is 6.26. The number of aryl methyl sites for hydroxylation is 2. The summed E-state index contributed by atoms with van der Waals surface area (Å²) in [4.78, 5) is 4.28. The van der Waals surface area contributed by atoms with Gasteiger partial charge in [0.25, 0.3) is 0 Å². The number of halogens is 1. The normalized spacial score (nSPS) is 10.3. The van der Waals surface area contributed by atoms with Crippen LogP contribution in [-0.2, 0) is 13.0 Å². The van der Waals surface area contributed by atoms with E-state index in [-0.39, 0.29) is 0 Å². The quantitative estimate of drug-likeness (QED) is 0.720. The van der Waals surface area contributed by atoms with Crippen LogP contribution in [0.4, 0.5) is 0 Å². The largest absolute Gasteiger partial charge is 0.334 e. The van der Waals surface area contributed by atoms with E-state index >= 15 is 0 Å². The first-order chi connectivity index (χ1) is 4.77. The van der Waals surface area contributed by atoms with E-state index in [0.29, 0.717) is 0 Å². The van der Waals surface area contributed by atoms with E-state index < -0.39 is 0 Å². The summed E-state index contributed by atoms with van der Waals surface area (Å²) in [6, 6.07) is 0. The van der Waals surface area contributed by atoms with Crippen LogP contribution in [0.15, 0.2) is 10.8 Å². The van der Waals surface area contributed by atoms with Crippen LogP contribution in [-0.4, -0.2) is 9.55 Å². The number of nitrogens with zero attached hydrogens (tertiary/aromatic N) is 2. The topological polar surface area (TPSA) is 17.8 Å². The molecule has 2 nitrogen and oxygen atoms in total. The third kappa shape index (κ3) is 1.40. The first kappa shape index (κ1) is 7.79. The molecule has 10 heavy (non-hydrogen) atoms. The van der Waals surface area contributed by atoms with Gasteiger partial charge in [0, 0.05) is 19.2 Å². The summed E-state index contributed by atoms with van der Waals surface area (Å²) in [6.45, 7) is 5.23. The summed E-state index contributed by atoms with van der Waals surface area (Å²) in [6.07, 6.45) is 3.01. The molecular weight excluding hydrogens is 192 g/mol. The first-order valence-corrected chi connectivity index (χ1v) is 4.28. The Morgan fingerprint density at radius 1 is 1.60 bits per heavy atom. The number of imidazole rings is 1. The summed E-state index contributed by atoms with van der Waals surface area (Å²) in [5.74, 6) is 1.15. The molecule has 0 atom stereocenters. The molecule has 0 radical (unpaired) electrons. The predicted molar refractivity (Wildman–Crippen MR) is 45.0 cm³/mol. The van der Waals surface area contributed by atoms with Gasteiger partial charge in [-0.25, -0.2) is 4.98 Å². The lowest BCUT2D eigenvalue weighted by molar-refractivity contribution is 0.705.